The van der Waals surface area contributed by atoms with Crippen molar-refractivity contribution in [3.8, 4) is 0 Å². The van der Waals surface area contributed by atoms with Crippen molar-refractivity contribution in [1.82, 2.24) is 0 Å². The van der Waals surface area contributed by atoms with Crippen LogP contribution in [0.4, 0.5) is 5.69 Å². The molecule has 4 nitrogen and oxygen atoms in total. The second-order valence-electron chi connectivity index (χ2n) is 4.57. The molecule has 0 bridgehead atoms. The Bertz CT molecular complexity index is 663. The standard InChI is InChI=1S/C11H10Cl2N2O2S2/c12-6-1-2-7(13)8(3-6)15-9-4-19(16,17)5-10(9)18-11(15)14/h1-3,9-10,14H,4-5H2. The van der Waals surface area contributed by atoms with Crippen molar-refractivity contribution in [3.05, 3.63) is 28.2 Å². The Kier molecular flexibility index (Phi) is 3.24. The molecule has 2 saturated heterocycles. The molecule has 0 aromatic heterocycles. The van der Waals surface area contributed by atoms with Crippen LogP contribution in [0.3, 0.4) is 0 Å². The molecule has 2 atom stereocenters. The van der Waals surface area contributed by atoms with Gasteiger partial charge in [0.05, 0.1) is 28.3 Å². The highest BCUT2D eigenvalue weighted by molar-refractivity contribution is 8.15. The van der Waals surface area contributed by atoms with Crippen LogP contribution in [-0.2, 0) is 9.84 Å². The molecule has 0 aliphatic carbocycles. The second kappa shape index (κ2) is 4.55. The van der Waals surface area contributed by atoms with E-state index in [4.69, 9.17) is 28.6 Å². The molecule has 2 aliphatic heterocycles. The van der Waals surface area contributed by atoms with Crippen molar-refractivity contribution < 1.29 is 8.42 Å². The molecule has 1 aromatic rings. The van der Waals surface area contributed by atoms with Crippen LogP contribution in [-0.4, -0.2) is 36.4 Å². The van der Waals surface area contributed by atoms with E-state index in [0.717, 1.165) is 0 Å². The minimum absolute atomic E-state index is 0.0654. The minimum Gasteiger partial charge on any atom is -0.315 e. The molecular weight excluding hydrogens is 327 g/mol. The van der Waals surface area contributed by atoms with Crippen LogP contribution in [0.15, 0.2) is 18.2 Å². The van der Waals surface area contributed by atoms with Gasteiger partial charge in [0.1, 0.15) is 0 Å². The Morgan fingerprint density at radius 2 is 2.05 bits per heavy atom. The summed E-state index contributed by atoms with van der Waals surface area (Å²) in [5.74, 6) is 0.190. The molecule has 2 aliphatic rings. The number of rotatable bonds is 1. The summed E-state index contributed by atoms with van der Waals surface area (Å²) in [7, 11) is -3.03. The van der Waals surface area contributed by atoms with Crippen molar-refractivity contribution in [2.75, 3.05) is 16.4 Å². The Hall–Kier alpha value is -0.430. The van der Waals surface area contributed by atoms with Crippen LogP contribution in [0.5, 0.6) is 0 Å². The fraction of sp³-hybridized carbons (Fsp3) is 0.364. The van der Waals surface area contributed by atoms with Crippen LogP contribution < -0.4 is 4.90 Å². The Balaban J connectivity index is 2.04. The number of amidine groups is 1. The topological polar surface area (TPSA) is 61.2 Å². The predicted molar refractivity (Wildman–Crippen MR) is 80.5 cm³/mol. The normalized spacial score (nSPS) is 28.7. The number of nitrogens with zero attached hydrogens (tertiary/aromatic N) is 1. The lowest BCUT2D eigenvalue weighted by Gasteiger charge is -2.25. The van der Waals surface area contributed by atoms with Crippen LogP contribution >= 0.6 is 35.0 Å². The second-order valence-corrected chi connectivity index (χ2v) is 8.80. The van der Waals surface area contributed by atoms with Gasteiger partial charge in [-0.2, -0.15) is 0 Å². The van der Waals surface area contributed by atoms with Gasteiger partial charge in [0.25, 0.3) is 0 Å². The quantitative estimate of drug-likeness (QED) is 0.856. The van der Waals surface area contributed by atoms with Gasteiger partial charge in [0.15, 0.2) is 15.0 Å². The van der Waals surface area contributed by atoms with E-state index in [-0.39, 0.29) is 22.8 Å². The maximum absolute atomic E-state index is 11.7. The van der Waals surface area contributed by atoms with Crippen LogP contribution in [0.2, 0.25) is 10.0 Å². The Labute approximate surface area is 125 Å². The van der Waals surface area contributed by atoms with E-state index in [9.17, 15) is 8.42 Å². The first-order valence-electron chi connectivity index (χ1n) is 5.57. The maximum atomic E-state index is 11.7. The molecule has 0 spiro atoms. The molecule has 8 heteroatoms. The van der Waals surface area contributed by atoms with Gasteiger partial charge in [-0.3, -0.25) is 5.41 Å². The highest BCUT2D eigenvalue weighted by Gasteiger charge is 2.49. The highest BCUT2D eigenvalue weighted by atomic mass is 35.5. The molecule has 3 rings (SSSR count). The summed E-state index contributed by atoms with van der Waals surface area (Å²) in [6, 6.07) is 4.78. The third-order valence-corrected chi connectivity index (χ3v) is 6.94. The van der Waals surface area contributed by atoms with Gasteiger partial charge in [0, 0.05) is 10.3 Å². The number of benzene rings is 1. The summed E-state index contributed by atoms with van der Waals surface area (Å²) in [5, 5.41) is 9.26. The Morgan fingerprint density at radius 1 is 1.32 bits per heavy atom. The van der Waals surface area contributed by atoms with Crippen molar-refractivity contribution in [2.24, 2.45) is 0 Å². The van der Waals surface area contributed by atoms with Gasteiger partial charge in [0.2, 0.25) is 0 Å². The summed E-state index contributed by atoms with van der Waals surface area (Å²) < 4.78 is 23.4. The summed E-state index contributed by atoms with van der Waals surface area (Å²) in [6.07, 6.45) is 0. The molecule has 0 amide bonds. The SMILES string of the molecule is N=C1SC2CS(=O)(=O)CC2N1c1cc(Cl)ccc1Cl. The molecule has 1 aromatic carbocycles. The molecule has 2 fully saturated rings. The van der Waals surface area contributed by atoms with Crippen LogP contribution in [0.1, 0.15) is 0 Å². The van der Waals surface area contributed by atoms with Crippen LogP contribution in [0.25, 0.3) is 0 Å². The monoisotopic (exact) mass is 336 g/mol. The number of sulfone groups is 1. The number of halogens is 2. The highest BCUT2D eigenvalue weighted by Crippen LogP contribution is 2.43. The van der Waals surface area contributed by atoms with Gasteiger partial charge >= 0.3 is 0 Å². The van der Waals surface area contributed by atoms with E-state index in [1.54, 1.807) is 23.1 Å². The number of fused-ring (bicyclic) bond motifs is 1. The van der Waals surface area contributed by atoms with Gasteiger partial charge in [-0.05, 0) is 18.2 Å². The van der Waals surface area contributed by atoms with Gasteiger partial charge < -0.3 is 4.90 Å². The van der Waals surface area contributed by atoms with Gasteiger partial charge in [-0.1, -0.05) is 35.0 Å². The van der Waals surface area contributed by atoms with Crippen molar-refractivity contribution in [1.29, 1.82) is 5.41 Å². The first-order chi connectivity index (χ1) is 8.87. The smallest absolute Gasteiger partial charge is 0.161 e. The molecule has 102 valence electrons. The third-order valence-electron chi connectivity index (χ3n) is 3.25. The lowest BCUT2D eigenvalue weighted by atomic mass is 10.2. The molecule has 2 unspecified atom stereocenters. The first-order valence-corrected chi connectivity index (χ1v) is 9.03. The number of hydrogen-bond donors (Lipinski definition) is 1. The van der Waals surface area contributed by atoms with Gasteiger partial charge in [-0.25, -0.2) is 8.42 Å². The lowest BCUT2D eigenvalue weighted by Crippen LogP contribution is -2.37. The summed E-state index contributed by atoms with van der Waals surface area (Å²) in [5.41, 5.74) is 0.608. The zero-order valence-electron chi connectivity index (χ0n) is 9.64. The summed E-state index contributed by atoms with van der Waals surface area (Å²) in [6.45, 7) is 0. The molecule has 2 heterocycles. The number of nitrogens with one attached hydrogen (secondary N) is 1. The van der Waals surface area contributed by atoms with E-state index < -0.39 is 9.84 Å². The summed E-state index contributed by atoms with van der Waals surface area (Å²) in [4.78, 5) is 1.69. The van der Waals surface area contributed by atoms with Crippen molar-refractivity contribution in [2.45, 2.75) is 11.3 Å². The van der Waals surface area contributed by atoms with Crippen molar-refractivity contribution in [3.63, 3.8) is 0 Å². The van der Waals surface area contributed by atoms with E-state index in [0.29, 0.717) is 20.9 Å². The number of thioether (sulfide) groups is 1. The first kappa shape index (κ1) is 13.5. The lowest BCUT2D eigenvalue weighted by molar-refractivity contribution is 0.601. The molecule has 1 N–H and O–H groups in total. The number of anilines is 1. The average Bonchev–Trinajstić information content (AvgIpc) is 2.73. The Morgan fingerprint density at radius 3 is 2.79 bits per heavy atom. The molecular formula is C11H10Cl2N2O2S2. The average molecular weight is 337 g/mol. The zero-order chi connectivity index (χ0) is 13.8. The molecule has 0 saturated carbocycles. The molecule has 19 heavy (non-hydrogen) atoms. The van der Waals surface area contributed by atoms with E-state index in [2.05, 4.69) is 0 Å². The van der Waals surface area contributed by atoms with Gasteiger partial charge in [-0.15, -0.1) is 0 Å². The maximum Gasteiger partial charge on any atom is 0.161 e. The fourth-order valence-corrected chi connectivity index (χ4v) is 6.62. The van der Waals surface area contributed by atoms with E-state index >= 15 is 0 Å². The van der Waals surface area contributed by atoms with Crippen LogP contribution in [0, 0.1) is 5.41 Å². The third kappa shape index (κ3) is 2.35. The van der Waals surface area contributed by atoms with E-state index in [1.165, 1.54) is 11.8 Å². The number of hydrogen-bond acceptors (Lipinski definition) is 4. The molecule has 0 radical (unpaired) electrons. The summed E-state index contributed by atoms with van der Waals surface area (Å²) >= 11 is 13.4. The minimum atomic E-state index is -3.03. The zero-order valence-corrected chi connectivity index (χ0v) is 12.8. The predicted octanol–water partition coefficient (Wildman–Crippen LogP) is 2.65. The largest absolute Gasteiger partial charge is 0.315 e. The van der Waals surface area contributed by atoms with Crippen molar-refractivity contribution >= 4 is 55.7 Å². The van der Waals surface area contributed by atoms with E-state index in [1.807, 2.05) is 0 Å². The fourth-order valence-electron chi connectivity index (χ4n) is 2.46.